The lowest BCUT2D eigenvalue weighted by atomic mass is 10.2. The molecule has 72 valence electrons. The van der Waals surface area contributed by atoms with Crippen LogP contribution in [-0.4, -0.2) is 17.4 Å². The summed E-state index contributed by atoms with van der Waals surface area (Å²) >= 11 is 1.67. The highest BCUT2D eigenvalue weighted by molar-refractivity contribution is 7.09. The van der Waals surface area contributed by atoms with Crippen LogP contribution in [0.1, 0.15) is 31.2 Å². The van der Waals surface area contributed by atoms with Gasteiger partial charge in [-0.25, -0.2) is 4.98 Å². The second-order valence-corrected chi connectivity index (χ2v) is 3.88. The topological polar surface area (TPSA) is 51.3 Å². The van der Waals surface area contributed by atoms with Crippen LogP contribution in [0, 0.1) is 0 Å². The smallest absolute Gasteiger partial charge is 0.0971 e. The number of aromatic nitrogens is 1. The molecular weight excluding hydrogens is 182 g/mol. The first kappa shape index (κ1) is 10.2. The first-order valence-electron chi connectivity index (χ1n) is 4.42. The van der Waals surface area contributed by atoms with Gasteiger partial charge in [0.15, 0.2) is 0 Å². The van der Waals surface area contributed by atoms with Gasteiger partial charge in [-0.05, 0) is 0 Å². The Labute approximate surface area is 82.7 Å². The maximum Gasteiger partial charge on any atom is 0.0971 e. The molecule has 0 aliphatic rings. The molecule has 0 spiro atoms. The van der Waals surface area contributed by atoms with Crippen LogP contribution in [0.3, 0.4) is 0 Å². The van der Waals surface area contributed by atoms with E-state index in [1.807, 2.05) is 18.5 Å². The van der Waals surface area contributed by atoms with E-state index < -0.39 is 0 Å². The molecule has 0 radical (unpaired) electrons. The molecule has 0 aliphatic carbocycles. The second-order valence-electron chi connectivity index (χ2n) is 2.96. The number of rotatable bonds is 4. The number of nitrogens with zero attached hydrogens (tertiary/aromatic N) is 2. The fourth-order valence-electron chi connectivity index (χ4n) is 0.922. The largest absolute Gasteiger partial charge is 0.387 e. The zero-order chi connectivity index (χ0) is 9.68. The quantitative estimate of drug-likeness (QED) is 0.593. The summed E-state index contributed by atoms with van der Waals surface area (Å²) in [5, 5.41) is 3.12. The first-order valence-corrected chi connectivity index (χ1v) is 5.30. The van der Waals surface area contributed by atoms with Crippen molar-refractivity contribution in [3.63, 3.8) is 0 Å². The van der Waals surface area contributed by atoms with Crippen molar-refractivity contribution in [1.82, 2.24) is 4.98 Å². The third kappa shape index (κ3) is 3.14. The van der Waals surface area contributed by atoms with Gasteiger partial charge in [0.25, 0.3) is 0 Å². The van der Waals surface area contributed by atoms with Crippen LogP contribution in [0.4, 0.5) is 0 Å². The SMILES string of the molecule is CCC(N)=NCC(C)c1nccs1. The van der Waals surface area contributed by atoms with E-state index >= 15 is 0 Å². The third-order valence-electron chi connectivity index (χ3n) is 1.80. The molecule has 1 unspecified atom stereocenters. The molecule has 0 saturated heterocycles. The zero-order valence-corrected chi connectivity index (χ0v) is 8.84. The van der Waals surface area contributed by atoms with Crippen molar-refractivity contribution in [2.45, 2.75) is 26.2 Å². The molecular formula is C9H15N3S. The lowest BCUT2D eigenvalue weighted by Gasteiger charge is -2.04. The molecule has 1 heterocycles. The van der Waals surface area contributed by atoms with Gasteiger partial charge in [0.2, 0.25) is 0 Å². The van der Waals surface area contributed by atoms with Crippen molar-refractivity contribution in [1.29, 1.82) is 0 Å². The van der Waals surface area contributed by atoms with Gasteiger partial charge in [0.1, 0.15) is 0 Å². The van der Waals surface area contributed by atoms with Gasteiger partial charge in [0.05, 0.1) is 10.8 Å². The molecule has 13 heavy (non-hydrogen) atoms. The number of nitrogens with two attached hydrogens (primary N) is 1. The summed E-state index contributed by atoms with van der Waals surface area (Å²) in [4.78, 5) is 8.49. The van der Waals surface area contributed by atoms with Crippen LogP contribution in [0.2, 0.25) is 0 Å². The minimum Gasteiger partial charge on any atom is -0.387 e. The molecule has 2 N–H and O–H groups in total. The summed E-state index contributed by atoms with van der Waals surface area (Å²) in [6, 6.07) is 0. The third-order valence-corrected chi connectivity index (χ3v) is 2.81. The Morgan fingerprint density at radius 1 is 1.77 bits per heavy atom. The average Bonchev–Trinajstić information content (AvgIpc) is 2.66. The molecule has 1 atom stereocenters. The molecule has 1 aromatic rings. The highest BCUT2D eigenvalue weighted by Gasteiger charge is 2.06. The van der Waals surface area contributed by atoms with Crippen LogP contribution in [0.15, 0.2) is 16.6 Å². The van der Waals surface area contributed by atoms with E-state index in [4.69, 9.17) is 5.73 Å². The fourth-order valence-corrected chi connectivity index (χ4v) is 1.61. The Balaban J connectivity index is 2.47. The van der Waals surface area contributed by atoms with E-state index in [1.165, 1.54) is 0 Å². The molecule has 3 nitrogen and oxygen atoms in total. The number of hydrogen-bond donors (Lipinski definition) is 1. The Morgan fingerprint density at radius 3 is 3.08 bits per heavy atom. The molecule has 4 heteroatoms. The van der Waals surface area contributed by atoms with Crippen molar-refractivity contribution in [3.05, 3.63) is 16.6 Å². The highest BCUT2D eigenvalue weighted by Crippen LogP contribution is 2.17. The van der Waals surface area contributed by atoms with Gasteiger partial charge in [-0.3, -0.25) is 4.99 Å². The van der Waals surface area contributed by atoms with Crippen LogP contribution >= 0.6 is 11.3 Å². The summed E-state index contributed by atoms with van der Waals surface area (Å²) in [5.74, 6) is 1.11. The predicted molar refractivity (Wildman–Crippen MR) is 57.3 cm³/mol. The van der Waals surface area contributed by atoms with Gasteiger partial charge in [-0.15, -0.1) is 11.3 Å². The second kappa shape index (κ2) is 4.97. The van der Waals surface area contributed by atoms with Crippen molar-refractivity contribution in [3.8, 4) is 0 Å². The van der Waals surface area contributed by atoms with Crippen LogP contribution in [-0.2, 0) is 0 Å². The maximum absolute atomic E-state index is 5.61. The standard InChI is InChI=1S/C9H15N3S/c1-3-8(10)12-6-7(2)9-11-4-5-13-9/h4-5,7H,3,6H2,1-2H3,(H2,10,12). The van der Waals surface area contributed by atoms with Crippen LogP contribution in [0.25, 0.3) is 0 Å². The van der Waals surface area contributed by atoms with Crippen LogP contribution < -0.4 is 5.73 Å². The van der Waals surface area contributed by atoms with E-state index in [1.54, 1.807) is 11.3 Å². The van der Waals surface area contributed by atoms with E-state index in [9.17, 15) is 0 Å². The van der Waals surface area contributed by atoms with E-state index in [0.717, 1.165) is 23.8 Å². The Bertz CT molecular complexity index is 266. The van der Waals surface area contributed by atoms with Crippen molar-refractivity contribution >= 4 is 17.2 Å². The molecule has 0 aromatic carbocycles. The molecule has 0 bridgehead atoms. The van der Waals surface area contributed by atoms with Gasteiger partial charge in [-0.1, -0.05) is 13.8 Å². The van der Waals surface area contributed by atoms with Crippen molar-refractivity contribution in [2.75, 3.05) is 6.54 Å². The number of hydrogen-bond acceptors (Lipinski definition) is 3. The Kier molecular flexibility index (Phi) is 3.89. The highest BCUT2D eigenvalue weighted by atomic mass is 32.1. The summed E-state index contributed by atoms with van der Waals surface area (Å²) in [6.45, 7) is 4.87. The molecule has 0 aliphatic heterocycles. The minimum atomic E-state index is 0.380. The van der Waals surface area contributed by atoms with Gasteiger partial charge in [-0.2, -0.15) is 0 Å². The summed E-state index contributed by atoms with van der Waals surface area (Å²) in [7, 11) is 0. The monoisotopic (exact) mass is 197 g/mol. The van der Waals surface area contributed by atoms with Crippen molar-refractivity contribution < 1.29 is 0 Å². The normalized spacial score (nSPS) is 14.5. The van der Waals surface area contributed by atoms with Crippen molar-refractivity contribution in [2.24, 2.45) is 10.7 Å². The Hall–Kier alpha value is -0.900. The van der Waals surface area contributed by atoms with Crippen LogP contribution in [0.5, 0.6) is 0 Å². The lowest BCUT2D eigenvalue weighted by molar-refractivity contribution is 0.764. The number of amidine groups is 1. The van der Waals surface area contributed by atoms with E-state index in [-0.39, 0.29) is 0 Å². The molecule has 0 amide bonds. The maximum atomic E-state index is 5.61. The summed E-state index contributed by atoms with van der Waals surface area (Å²) in [5.41, 5.74) is 5.61. The predicted octanol–water partition coefficient (Wildman–Crippen LogP) is 2.01. The molecule has 0 fully saturated rings. The number of aliphatic imine (C=N–C) groups is 1. The van der Waals surface area contributed by atoms with Gasteiger partial charge >= 0.3 is 0 Å². The average molecular weight is 197 g/mol. The summed E-state index contributed by atoms with van der Waals surface area (Å²) in [6.07, 6.45) is 2.65. The fraction of sp³-hybridized carbons (Fsp3) is 0.556. The molecule has 0 saturated carbocycles. The lowest BCUT2D eigenvalue weighted by Crippen LogP contribution is -2.11. The first-order chi connectivity index (χ1) is 6.24. The molecule has 1 rings (SSSR count). The summed E-state index contributed by atoms with van der Waals surface area (Å²) < 4.78 is 0. The van der Waals surface area contributed by atoms with Gasteiger partial charge in [0, 0.05) is 30.5 Å². The van der Waals surface area contributed by atoms with E-state index in [0.29, 0.717) is 5.92 Å². The molecule has 1 aromatic heterocycles. The van der Waals surface area contributed by atoms with Gasteiger partial charge < -0.3 is 5.73 Å². The van der Waals surface area contributed by atoms with E-state index in [2.05, 4.69) is 16.9 Å². The minimum absolute atomic E-state index is 0.380. The zero-order valence-electron chi connectivity index (χ0n) is 8.03. The Morgan fingerprint density at radius 2 is 2.54 bits per heavy atom. The number of thiazole rings is 1.